The average Bonchev–Trinajstić information content (AvgIpc) is 3.11. The van der Waals surface area contributed by atoms with Crippen LogP contribution in [0.25, 0.3) is 0 Å². The number of esters is 2. The summed E-state index contributed by atoms with van der Waals surface area (Å²) >= 11 is 0. The lowest BCUT2D eigenvalue weighted by Crippen LogP contribution is -2.49. The molecule has 3 aliphatic carbocycles. The zero-order chi connectivity index (χ0) is 16.8. The van der Waals surface area contributed by atoms with E-state index >= 15 is 0 Å². The molecule has 3 rings (SSSR count). The topological polar surface area (TPSA) is 52.6 Å². The molecule has 2 bridgehead atoms. The lowest BCUT2D eigenvalue weighted by molar-refractivity contribution is -0.210. The van der Waals surface area contributed by atoms with Crippen molar-refractivity contribution in [3.63, 3.8) is 0 Å². The first-order valence-electron chi connectivity index (χ1n) is 8.20. The van der Waals surface area contributed by atoms with Crippen molar-refractivity contribution in [3.8, 4) is 0 Å². The van der Waals surface area contributed by atoms with Crippen LogP contribution >= 0.6 is 0 Å². The monoisotopic (exact) mass is 334 g/mol. The standard InChI is InChI=1S/C16H21F3O4/c1-9(20)23-15(11-4-2-3-5-11)8-10-6-12(15)7-13(10)22-14(21)16(17,18)19/h10-13H,2-8H2,1H3. The van der Waals surface area contributed by atoms with Gasteiger partial charge in [-0.15, -0.1) is 0 Å². The van der Waals surface area contributed by atoms with Crippen LogP contribution in [0.15, 0.2) is 0 Å². The van der Waals surface area contributed by atoms with Crippen molar-refractivity contribution in [1.29, 1.82) is 0 Å². The Morgan fingerprint density at radius 1 is 1.09 bits per heavy atom. The third kappa shape index (κ3) is 2.94. The lowest BCUT2D eigenvalue weighted by Gasteiger charge is -2.43. The third-order valence-electron chi connectivity index (χ3n) is 5.77. The van der Waals surface area contributed by atoms with Crippen molar-refractivity contribution in [1.82, 2.24) is 0 Å². The minimum absolute atomic E-state index is 0.00877. The molecule has 0 radical (unpaired) electrons. The first-order chi connectivity index (χ1) is 10.7. The summed E-state index contributed by atoms with van der Waals surface area (Å²) in [5.41, 5.74) is -0.561. The molecule has 0 saturated heterocycles. The molecule has 3 aliphatic rings. The summed E-state index contributed by atoms with van der Waals surface area (Å²) < 4.78 is 47.5. The molecule has 4 unspecified atom stereocenters. The number of hydrogen-bond acceptors (Lipinski definition) is 4. The maximum atomic E-state index is 12.4. The predicted molar refractivity (Wildman–Crippen MR) is 73.2 cm³/mol. The van der Waals surface area contributed by atoms with E-state index in [9.17, 15) is 22.8 Å². The van der Waals surface area contributed by atoms with Crippen molar-refractivity contribution in [3.05, 3.63) is 0 Å². The molecule has 3 fully saturated rings. The van der Waals surface area contributed by atoms with E-state index in [1.165, 1.54) is 6.92 Å². The Kier molecular flexibility index (Phi) is 4.09. The molecular formula is C16H21F3O4. The van der Waals surface area contributed by atoms with Crippen molar-refractivity contribution in [2.45, 2.75) is 69.8 Å². The maximum Gasteiger partial charge on any atom is 0.490 e. The summed E-state index contributed by atoms with van der Waals surface area (Å²) in [6, 6.07) is 0. The van der Waals surface area contributed by atoms with E-state index < -0.39 is 23.9 Å². The predicted octanol–water partition coefficient (Wildman–Crippen LogP) is 3.38. The second-order valence-electron chi connectivity index (χ2n) is 7.10. The van der Waals surface area contributed by atoms with Gasteiger partial charge in [0.25, 0.3) is 0 Å². The van der Waals surface area contributed by atoms with E-state index in [0.29, 0.717) is 19.3 Å². The minimum atomic E-state index is -4.96. The van der Waals surface area contributed by atoms with Gasteiger partial charge >= 0.3 is 18.1 Å². The number of rotatable bonds is 3. The average molecular weight is 334 g/mol. The van der Waals surface area contributed by atoms with E-state index in [1.54, 1.807) is 0 Å². The largest absolute Gasteiger partial charge is 0.490 e. The summed E-state index contributed by atoms with van der Waals surface area (Å²) in [6.07, 6.45) is 0.0369. The fourth-order valence-electron chi connectivity index (χ4n) is 5.02. The zero-order valence-corrected chi connectivity index (χ0v) is 13.0. The quantitative estimate of drug-likeness (QED) is 0.743. The highest BCUT2D eigenvalue weighted by Gasteiger charge is 2.62. The number of halogens is 3. The van der Waals surface area contributed by atoms with E-state index in [2.05, 4.69) is 4.74 Å². The van der Waals surface area contributed by atoms with E-state index in [1.807, 2.05) is 0 Å². The molecule has 0 aromatic carbocycles. The Morgan fingerprint density at radius 2 is 1.74 bits per heavy atom. The zero-order valence-electron chi connectivity index (χ0n) is 13.0. The van der Waals surface area contributed by atoms with Gasteiger partial charge in [0.2, 0.25) is 0 Å². The Balaban J connectivity index is 1.72. The Hall–Kier alpha value is -1.27. The van der Waals surface area contributed by atoms with Crippen molar-refractivity contribution >= 4 is 11.9 Å². The van der Waals surface area contributed by atoms with Crippen molar-refractivity contribution in [2.24, 2.45) is 17.8 Å². The fourth-order valence-corrected chi connectivity index (χ4v) is 5.02. The van der Waals surface area contributed by atoms with Gasteiger partial charge in [-0.05, 0) is 38.0 Å². The molecule has 7 heteroatoms. The van der Waals surface area contributed by atoms with Crippen LogP contribution in [0.1, 0.15) is 51.9 Å². The highest BCUT2D eigenvalue weighted by atomic mass is 19.4. The van der Waals surface area contributed by atoms with E-state index in [-0.39, 0.29) is 23.7 Å². The Bertz CT molecular complexity index is 498. The SMILES string of the molecule is CC(=O)OC1(C2CCCC2)CC2CC1CC2OC(=O)C(F)(F)F. The highest BCUT2D eigenvalue weighted by molar-refractivity contribution is 5.75. The number of carbonyl (C=O) groups excluding carboxylic acids is 2. The number of alkyl halides is 3. The number of ether oxygens (including phenoxy) is 2. The number of carbonyl (C=O) groups is 2. The van der Waals surface area contributed by atoms with Crippen molar-refractivity contribution in [2.75, 3.05) is 0 Å². The molecular weight excluding hydrogens is 313 g/mol. The highest BCUT2D eigenvalue weighted by Crippen LogP contribution is 2.59. The summed E-state index contributed by atoms with van der Waals surface area (Å²) in [4.78, 5) is 22.6. The van der Waals surface area contributed by atoms with Gasteiger partial charge in [0.15, 0.2) is 0 Å². The molecule has 0 aromatic rings. The molecule has 0 heterocycles. The first kappa shape index (κ1) is 16.6. The van der Waals surface area contributed by atoms with Gasteiger partial charge in [-0.25, -0.2) is 4.79 Å². The van der Waals surface area contributed by atoms with Crippen LogP contribution in [0.4, 0.5) is 13.2 Å². The molecule has 0 aromatic heterocycles. The molecule has 0 amide bonds. The van der Waals surface area contributed by atoms with Gasteiger partial charge < -0.3 is 9.47 Å². The molecule has 0 spiro atoms. The van der Waals surface area contributed by atoms with E-state index in [0.717, 1.165) is 25.7 Å². The molecule has 4 atom stereocenters. The van der Waals surface area contributed by atoms with Gasteiger partial charge in [-0.1, -0.05) is 12.8 Å². The van der Waals surface area contributed by atoms with Gasteiger partial charge in [-0.2, -0.15) is 13.2 Å². The molecule has 3 saturated carbocycles. The minimum Gasteiger partial charge on any atom is -0.459 e. The van der Waals surface area contributed by atoms with Crippen LogP contribution in [-0.4, -0.2) is 29.8 Å². The smallest absolute Gasteiger partial charge is 0.459 e. The lowest BCUT2D eigenvalue weighted by atomic mass is 9.73. The number of hydrogen-bond donors (Lipinski definition) is 0. The molecule has 0 aliphatic heterocycles. The van der Waals surface area contributed by atoms with E-state index in [4.69, 9.17) is 4.74 Å². The fraction of sp³-hybridized carbons (Fsp3) is 0.875. The Morgan fingerprint density at radius 3 is 2.22 bits per heavy atom. The molecule has 4 nitrogen and oxygen atoms in total. The van der Waals surface area contributed by atoms with Gasteiger partial charge in [-0.3, -0.25) is 4.79 Å². The normalized spacial score (nSPS) is 37.1. The molecule has 0 N–H and O–H groups in total. The van der Waals surface area contributed by atoms with Crippen LogP contribution < -0.4 is 0 Å². The van der Waals surface area contributed by atoms with Gasteiger partial charge in [0, 0.05) is 18.8 Å². The summed E-state index contributed by atoms with van der Waals surface area (Å²) in [5.74, 6) is -2.33. The summed E-state index contributed by atoms with van der Waals surface area (Å²) in [5, 5.41) is 0. The summed E-state index contributed by atoms with van der Waals surface area (Å²) in [7, 11) is 0. The maximum absolute atomic E-state index is 12.4. The van der Waals surface area contributed by atoms with Crippen molar-refractivity contribution < 1.29 is 32.2 Å². The van der Waals surface area contributed by atoms with Crippen LogP contribution in [0.3, 0.4) is 0 Å². The Labute approximate surface area is 132 Å². The molecule has 130 valence electrons. The molecule has 23 heavy (non-hydrogen) atoms. The second-order valence-corrected chi connectivity index (χ2v) is 7.10. The van der Waals surface area contributed by atoms with Crippen LogP contribution in [0.2, 0.25) is 0 Å². The van der Waals surface area contributed by atoms with Crippen LogP contribution in [-0.2, 0) is 19.1 Å². The third-order valence-corrected chi connectivity index (χ3v) is 5.77. The van der Waals surface area contributed by atoms with Crippen LogP contribution in [0.5, 0.6) is 0 Å². The second kappa shape index (κ2) is 5.67. The summed E-state index contributed by atoms with van der Waals surface area (Å²) in [6.45, 7) is 1.38. The van der Waals surface area contributed by atoms with Gasteiger partial charge in [0.1, 0.15) is 11.7 Å². The first-order valence-corrected chi connectivity index (χ1v) is 8.20. The number of fused-ring (bicyclic) bond motifs is 2. The van der Waals surface area contributed by atoms with Crippen LogP contribution in [0, 0.1) is 17.8 Å². The van der Waals surface area contributed by atoms with Gasteiger partial charge in [0.05, 0.1) is 0 Å².